The van der Waals surface area contributed by atoms with E-state index in [2.05, 4.69) is 49.6 Å². The molecule has 8 heteroatoms. The van der Waals surface area contributed by atoms with E-state index < -0.39 is 0 Å². The SMILES string of the molecule is O=C(CN1CCN(CC(=O)NC2CCN(Cc3ccccc3)C2)CC1)Nc1ccc(F)cc1. The number of rotatable bonds is 8. The smallest absolute Gasteiger partial charge is 0.238 e. The Labute approximate surface area is 194 Å². The minimum Gasteiger partial charge on any atom is -0.351 e. The number of nitrogens with zero attached hydrogens (tertiary/aromatic N) is 3. The Bertz CT molecular complexity index is 916. The van der Waals surface area contributed by atoms with Crippen LogP contribution in [0.1, 0.15) is 12.0 Å². The summed E-state index contributed by atoms with van der Waals surface area (Å²) >= 11 is 0. The Morgan fingerprint density at radius 3 is 2.12 bits per heavy atom. The highest BCUT2D eigenvalue weighted by Gasteiger charge is 2.25. The molecule has 2 aromatic carbocycles. The highest BCUT2D eigenvalue weighted by Crippen LogP contribution is 2.14. The first kappa shape index (κ1) is 23.4. The topological polar surface area (TPSA) is 67.9 Å². The quantitative estimate of drug-likeness (QED) is 0.638. The van der Waals surface area contributed by atoms with Crippen molar-refractivity contribution in [2.24, 2.45) is 0 Å². The molecule has 1 unspecified atom stereocenters. The third-order valence-corrected chi connectivity index (χ3v) is 6.21. The van der Waals surface area contributed by atoms with Crippen molar-refractivity contribution in [3.8, 4) is 0 Å². The number of carbonyl (C=O) groups is 2. The highest BCUT2D eigenvalue weighted by molar-refractivity contribution is 5.92. The molecule has 2 heterocycles. The van der Waals surface area contributed by atoms with Crippen LogP contribution in [-0.4, -0.2) is 84.9 Å². The number of hydrogen-bond donors (Lipinski definition) is 2. The van der Waals surface area contributed by atoms with E-state index in [1.165, 1.54) is 17.7 Å². The Morgan fingerprint density at radius 2 is 1.45 bits per heavy atom. The molecule has 7 nitrogen and oxygen atoms in total. The Hall–Kier alpha value is -2.81. The predicted octanol–water partition coefficient (Wildman–Crippen LogP) is 1.77. The Kier molecular flexibility index (Phi) is 8.04. The van der Waals surface area contributed by atoms with Crippen LogP contribution in [0.15, 0.2) is 54.6 Å². The van der Waals surface area contributed by atoms with Gasteiger partial charge in [-0.2, -0.15) is 0 Å². The molecule has 0 spiro atoms. The first-order valence-corrected chi connectivity index (χ1v) is 11.6. The maximum atomic E-state index is 13.0. The lowest BCUT2D eigenvalue weighted by molar-refractivity contribution is -0.124. The van der Waals surface area contributed by atoms with Crippen LogP contribution in [0.25, 0.3) is 0 Å². The lowest BCUT2D eigenvalue weighted by Gasteiger charge is -2.34. The van der Waals surface area contributed by atoms with Gasteiger partial charge in [0, 0.05) is 57.5 Å². The van der Waals surface area contributed by atoms with Gasteiger partial charge in [-0.25, -0.2) is 4.39 Å². The van der Waals surface area contributed by atoms with Crippen LogP contribution in [0.2, 0.25) is 0 Å². The number of amides is 2. The second kappa shape index (κ2) is 11.4. The van der Waals surface area contributed by atoms with Crippen molar-refractivity contribution in [2.45, 2.75) is 19.0 Å². The van der Waals surface area contributed by atoms with Gasteiger partial charge >= 0.3 is 0 Å². The van der Waals surface area contributed by atoms with Gasteiger partial charge in [0.15, 0.2) is 0 Å². The summed E-state index contributed by atoms with van der Waals surface area (Å²) in [6.07, 6.45) is 0.982. The molecule has 0 radical (unpaired) electrons. The molecule has 2 amide bonds. The van der Waals surface area contributed by atoms with E-state index in [9.17, 15) is 14.0 Å². The highest BCUT2D eigenvalue weighted by atomic mass is 19.1. The van der Waals surface area contributed by atoms with Gasteiger partial charge in [0.1, 0.15) is 5.82 Å². The second-order valence-corrected chi connectivity index (χ2v) is 8.88. The van der Waals surface area contributed by atoms with Crippen LogP contribution in [-0.2, 0) is 16.1 Å². The fourth-order valence-corrected chi connectivity index (χ4v) is 4.45. The maximum absolute atomic E-state index is 13.0. The summed E-state index contributed by atoms with van der Waals surface area (Å²) in [5, 5.41) is 5.98. The molecule has 2 aliphatic rings. The van der Waals surface area contributed by atoms with Crippen LogP contribution in [0, 0.1) is 5.82 Å². The van der Waals surface area contributed by atoms with E-state index in [1.807, 2.05) is 6.07 Å². The van der Waals surface area contributed by atoms with Crippen LogP contribution >= 0.6 is 0 Å². The van der Waals surface area contributed by atoms with Gasteiger partial charge in [0.2, 0.25) is 11.8 Å². The number of halogens is 1. The van der Waals surface area contributed by atoms with Gasteiger partial charge in [-0.05, 0) is 36.2 Å². The second-order valence-electron chi connectivity index (χ2n) is 8.88. The van der Waals surface area contributed by atoms with E-state index in [0.29, 0.717) is 12.2 Å². The molecule has 0 saturated carbocycles. The Balaban J connectivity index is 1.12. The molecule has 4 rings (SSSR count). The molecule has 2 saturated heterocycles. The average Bonchev–Trinajstić information content (AvgIpc) is 3.24. The van der Waals surface area contributed by atoms with Crippen molar-refractivity contribution in [3.63, 3.8) is 0 Å². The van der Waals surface area contributed by atoms with Crippen molar-refractivity contribution >= 4 is 17.5 Å². The van der Waals surface area contributed by atoms with E-state index >= 15 is 0 Å². The van der Waals surface area contributed by atoms with Crippen LogP contribution < -0.4 is 10.6 Å². The molecule has 33 heavy (non-hydrogen) atoms. The molecular formula is C25H32FN5O2. The summed E-state index contributed by atoms with van der Waals surface area (Å²) < 4.78 is 13.0. The lowest BCUT2D eigenvalue weighted by Crippen LogP contribution is -2.51. The zero-order chi connectivity index (χ0) is 23.0. The predicted molar refractivity (Wildman–Crippen MR) is 126 cm³/mol. The lowest BCUT2D eigenvalue weighted by atomic mass is 10.2. The number of anilines is 1. The van der Waals surface area contributed by atoms with Crippen LogP contribution in [0.4, 0.5) is 10.1 Å². The van der Waals surface area contributed by atoms with Gasteiger partial charge in [-0.3, -0.25) is 24.3 Å². The molecule has 1 atom stereocenters. The van der Waals surface area contributed by atoms with Crippen LogP contribution in [0.5, 0.6) is 0 Å². The third-order valence-electron chi connectivity index (χ3n) is 6.21. The zero-order valence-electron chi connectivity index (χ0n) is 18.9. The van der Waals surface area contributed by atoms with E-state index in [-0.39, 0.29) is 30.2 Å². The molecule has 2 aliphatic heterocycles. The number of nitrogens with one attached hydrogen (secondary N) is 2. The number of benzene rings is 2. The van der Waals surface area contributed by atoms with E-state index in [4.69, 9.17) is 0 Å². The summed E-state index contributed by atoms with van der Waals surface area (Å²) in [6.45, 7) is 6.46. The largest absolute Gasteiger partial charge is 0.351 e. The van der Waals surface area contributed by atoms with Crippen LogP contribution in [0.3, 0.4) is 0 Å². The third kappa shape index (κ3) is 7.35. The molecule has 0 bridgehead atoms. The average molecular weight is 454 g/mol. The van der Waals surface area contributed by atoms with Crippen molar-refractivity contribution in [1.82, 2.24) is 20.0 Å². The van der Waals surface area contributed by atoms with Crippen molar-refractivity contribution < 1.29 is 14.0 Å². The number of likely N-dealkylation sites (tertiary alicyclic amines) is 1. The minimum absolute atomic E-state index is 0.0732. The molecule has 2 fully saturated rings. The monoisotopic (exact) mass is 453 g/mol. The van der Waals surface area contributed by atoms with E-state index in [0.717, 1.165) is 52.2 Å². The molecule has 0 aromatic heterocycles. The van der Waals surface area contributed by atoms with Gasteiger partial charge in [-0.15, -0.1) is 0 Å². The number of piperazine rings is 1. The van der Waals surface area contributed by atoms with Gasteiger partial charge < -0.3 is 10.6 Å². The van der Waals surface area contributed by atoms with Crippen molar-refractivity contribution in [3.05, 3.63) is 66.0 Å². The minimum atomic E-state index is -0.328. The summed E-state index contributed by atoms with van der Waals surface area (Å²) in [7, 11) is 0. The van der Waals surface area contributed by atoms with Gasteiger partial charge in [0.05, 0.1) is 13.1 Å². The fraction of sp³-hybridized carbons (Fsp3) is 0.440. The standard InChI is InChI=1S/C25H32FN5O2/c26-21-6-8-22(9-7-21)27-24(32)18-29-12-14-30(15-13-29)19-25(33)28-23-10-11-31(17-23)16-20-4-2-1-3-5-20/h1-9,23H,10-19H2,(H,27,32)(H,28,33). The first-order valence-electron chi connectivity index (χ1n) is 11.6. The fourth-order valence-electron chi connectivity index (χ4n) is 4.45. The summed E-state index contributed by atoms with van der Waals surface area (Å²) in [6, 6.07) is 16.4. The molecule has 2 N–H and O–H groups in total. The maximum Gasteiger partial charge on any atom is 0.238 e. The van der Waals surface area contributed by atoms with E-state index in [1.54, 1.807) is 12.1 Å². The molecule has 2 aromatic rings. The van der Waals surface area contributed by atoms with Crippen molar-refractivity contribution in [2.75, 3.05) is 57.7 Å². The molecular weight excluding hydrogens is 421 g/mol. The number of carbonyl (C=O) groups excluding carboxylic acids is 2. The summed E-state index contributed by atoms with van der Waals surface area (Å²) in [5.74, 6) is -0.372. The molecule has 0 aliphatic carbocycles. The zero-order valence-corrected chi connectivity index (χ0v) is 18.9. The first-order chi connectivity index (χ1) is 16.0. The molecule has 176 valence electrons. The number of hydrogen-bond acceptors (Lipinski definition) is 5. The van der Waals surface area contributed by atoms with Crippen molar-refractivity contribution in [1.29, 1.82) is 0 Å². The van der Waals surface area contributed by atoms with Gasteiger partial charge in [0.25, 0.3) is 0 Å². The van der Waals surface area contributed by atoms with Gasteiger partial charge in [-0.1, -0.05) is 30.3 Å². The summed E-state index contributed by atoms with van der Waals surface area (Å²) in [5.41, 5.74) is 1.89. The summed E-state index contributed by atoms with van der Waals surface area (Å²) in [4.78, 5) is 31.4. The normalized spacial score (nSPS) is 20.0. The Morgan fingerprint density at radius 1 is 0.818 bits per heavy atom.